The Morgan fingerprint density at radius 2 is 1.58 bits per heavy atom. The number of hydrogen-bond donors (Lipinski definition) is 1. The Kier molecular flexibility index (Phi) is 8.00. The lowest BCUT2D eigenvalue weighted by Crippen LogP contribution is -2.31. The fraction of sp³-hybridized carbons (Fsp3) is 0.240. The molecule has 0 saturated heterocycles. The number of anilines is 1. The molecule has 1 amide bonds. The van der Waals surface area contributed by atoms with Crippen LogP contribution in [0.5, 0.6) is 5.75 Å². The van der Waals surface area contributed by atoms with Gasteiger partial charge in [-0.15, -0.1) is 0 Å². The van der Waals surface area contributed by atoms with E-state index in [-0.39, 0.29) is 12.5 Å². The predicted octanol–water partition coefficient (Wildman–Crippen LogP) is 4.73. The maximum absolute atomic E-state index is 12.5. The molecule has 0 heterocycles. The van der Waals surface area contributed by atoms with Gasteiger partial charge in [0, 0.05) is 10.6 Å². The number of rotatable bonds is 9. The number of para-hydroxylation sites is 1. The number of hydrogen-bond acceptors (Lipinski definition) is 4. The number of nitrogens with zero attached hydrogens (tertiary/aromatic N) is 1. The Balaban J connectivity index is 1.61. The van der Waals surface area contributed by atoms with Crippen molar-refractivity contribution in [3.63, 3.8) is 0 Å². The fourth-order valence-electron chi connectivity index (χ4n) is 3.45. The van der Waals surface area contributed by atoms with Gasteiger partial charge in [-0.3, -0.25) is 9.10 Å². The van der Waals surface area contributed by atoms with Gasteiger partial charge in [0.2, 0.25) is 10.0 Å². The lowest BCUT2D eigenvalue weighted by molar-refractivity contribution is 0.0947. The topological polar surface area (TPSA) is 75.7 Å². The SMILES string of the molecule is Cc1cccc(C)c1N(Cc1ccc(C(=O)NCCOc2ccc(Cl)cc2)cc1)S(C)(=O)=O. The van der Waals surface area contributed by atoms with Crippen LogP contribution < -0.4 is 14.4 Å². The number of sulfonamides is 1. The summed E-state index contributed by atoms with van der Waals surface area (Å²) in [5.74, 6) is 0.452. The van der Waals surface area contributed by atoms with Crippen molar-refractivity contribution in [2.24, 2.45) is 0 Å². The van der Waals surface area contributed by atoms with Crippen LogP contribution in [-0.2, 0) is 16.6 Å². The maximum atomic E-state index is 12.5. The summed E-state index contributed by atoms with van der Waals surface area (Å²) in [6.45, 7) is 4.64. The quantitative estimate of drug-likeness (QED) is 0.443. The smallest absolute Gasteiger partial charge is 0.251 e. The summed E-state index contributed by atoms with van der Waals surface area (Å²) in [5, 5.41) is 3.44. The maximum Gasteiger partial charge on any atom is 0.251 e. The van der Waals surface area contributed by atoms with E-state index in [2.05, 4.69) is 5.32 Å². The van der Waals surface area contributed by atoms with E-state index in [0.717, 1.165) is 16.7 Å². The molecule has 3 rings (SSSR count). The molecule has 0 spiro atoms. The molecule has 33 heavy (non-hydrogen) atoms. The first-order valence-electron chi connectivity index (χ1n) is 10.4. The van der Waals surface area contributed by atoms with Crippen molar-refractivity contribution in [1.29, 1.82) is 0 Å². The lowest BCUT2D eigenvalue weighted by Gasteiger charge is -2.26. The van der Waals surface area contributed by atoms with Crippen LogP contribution in [0.15, 0.2) is 66.7 Å². The van der Waals surface area contributed by atoms with E-state index >= 15 is 0 Å². The van der Waals surface area contributed by atoms with E-state index in [0.29, 0.717) is 35.2 Å². The number of ether oxygens (including phenoxy) is 1. The monoisotopic (exact) mass is 486 g/mol. The second-order valence-electron chi connectivity index (χ2n) is 7.77. The van der Waals surface area contributed by atoms with E-state index in [1.54, 1.807) is 48.5 Å². The molecule has 0 aromatic heterocycles. The molecule has 3 aromatic carbocycles. The molecule has 0 aliphatic rings. The zero-order chi connectivity index (χ0) is 24.0. The molecule has 0 unspecified atom stereocenters. The van der Waals surface area contributed by atoms with E-state index in [1.165, 1.54) is 10.6 Å². The van der Waals surface area contributed by atoms with Gasteiger partial charge in [-0.25, -0.2) is 8.42 Å². The standard InChI is InChI=1S/C25H27ClN2O4S/c1-18-5-4-6-19(2)24(18)28(33(3,30)31)17-20-7-9-21(10-8-20)25(29)27-15-16-32-23-13-11-22(26)12-14-23/h4-14H,15-17H2,1-3H3,(H,27,29). The largest absolute Gasteiger partial charge is 0.492 e. The average molecular weight is 487 g/mol. The summed E-state index contributed by atoms with van der Waals surface area (Å²) in [5.41, 5.74) is 3.73. The van der Waals surface area contributed by atoms with Gasteiger partial charge in [0.25, 0.3) is 5.91 Å². The van der Waals surface area contributed by atoms with Crippen LogP contribution in [0.25, 0.3) is 0 Å². The van der Waals surface area contributed by atoms with Crippen molar-refractivity contribution in [2.45, 2.75) is 20.4 Å². The second kappa shape index (κ2) is 10.7. The number of benzene rings is 3. The molecule has 1 N–H and O–H groups in total. The Bertz CT molecular complexity index is 1190. The number of aryl methyl sites for hydroxylation is 2. The van der Waals surface area contributed by atoms with Crippen molar-refractivity contribution in [3.8, 4) is 5.75 Å². The van der Waals surface area contributed by atoms with Crippen LogP contribution in [0.3, 0.4) is 0 Å². The number of carbonyl (C=O) groups is 1. The minimum atomic E-state index is -3.50. The highest BCUT2D eigenvalue weighted by molar-refractivity contribution is 7.92. The van der Waals surface area contributed by atoms with Crippen molar-refractivity contribution >= 4 is 33.2 Å². The Labute approximate surface area is 200 Å². The van der Waals surface area contributed by atoms with Crippen LogP contribution >= 0.6 is 11.6 Å². The molecule has 0 radical (unpaired) electrons. The van der Waals surface area contributed by atoms with E-state index in [4.69, 9.17) is 16.3 Å². The van der Waals surface area contributed by atoms with Gasteiger partial charge < -0.3 is 10.1 Å². The average Bonchev–Trinajstić information content (AvgIpc) is 2.77. The van der Waals surface area contributed by atoms with Crippen LogP contribution in [0, 0.1) is 13.8 Å². The predicted molar refractivity (Wildman–Crippen MR) is 133 cm³/mol. The lowest BCUT2D eigenvalue weighted by atomic mass is 10.1. The summed E-state index contributed by atoms with van der Waals surface area (Å²) < 4.78 is 32.0. The van der Waals surface area contributed by atoms with Crippen molar-refractivity contribution in [2.75, 3.05) is 23.7 Å². The number of nitrogens with one attached hydrogen (secondary N) is 1. The Morgan fingerprint density at radius 3 is 2.15 bits per heavy atom. The Hall–Kier alpha value is -3.03. The van der Waals surface area contributed by atoms with E-state index in [9.17, 15) is 13.2 Å². The first kappa shape index (κ1) is 24.6. The summed E-state index contributed by atoms with van der Waals surface area (Å²) in [6.07, 6.45) is 1.20. The third-order valence-electron chi connectivity index (χ3n) is 5.10. The third kappa shape index (κ3) is 6.73. The fourth-order valence-corrected chi connectivity index (χ4v) is 4.58. The highest BCUT2D eigenvalue weighted by Crippen LogP contribution is 2.28. The molecule has 0 atom stereocenters. The summed E-state index contributed by atoms with van der Waals surface area (Å²) in [7, 11) is -3.50. The highest BCUT2D eigenvalue weighted by atomic mass is 35.5. The van der Waals surface area contributed by atoms with Crippen LogP contribution in [-0.4, -0.2) is 33.7 Å². The molecule has 0 saturated carbocycles. The normalized spacial score (nSPS) is 11.2. The van der Waals surface area contributed by atoms with Gasteiger partial charge in [0.05, 0.1) is 25.0 Å². The molecule has 8 heteroatoms. The number of halogens is 1. The molecule has 3 aromatic rings. The van der Waals surface area contributed by atoms with Crippen LogP contribution in [0.4, 0.5) is 5.69 Å². The molecule has 6 nitrogen and oxygen atoms in total. The number of amides is 1. The van der Waals surface area contributed by atoms with Crippen LogP contribution in [0.1, 0.15) is 27.0 Å². The van der Waals surface area contributed by atoms with Crippen LogP contribution in [0.2, 0.25) is 5.02 Å². The minimum absolute atomic E-state index is 0.182. The van der Waals surface area contributed by atoms with Crippen molar-refractivity contribution in [1.82, 2.24) is 5.32 Å². The molecule has 0 aliphatic heterocycles. The minimum Gasteiger partial charge on any atom is -0.492 e. The van der Waals surface area contributed by atoms with Gasteiger partial charge in [0.15, 0.2) is 0 Å². The third-order valence-corrected chi connectivity index (χ3v) is 6.47. The van der Waals surface area contributed by atoms with E-state index in [1.807, 2.05) is 32.0 Å². The summed E-state index contributed by atoms with van der Waals surface area (Å²) in [4.78, 5) is 12.4. The first-order valence-corrected chi connectivity index (χ1v) is 12.7. The highest BCUT2D eigenvalue weighted by Gasteiger charge is 2.21. The van der Waals surface area contributed by atoms with Gasteiger partial charge in [-0.1, -0.05) is 41.9 Å². The van der Waals surface area contributed by atoms with Gasteiger partial charge in [0.1, 0.15) is 12.4 Å². The first-order chi connectivity index (χ1) is 15.6. The zero-order valence-corrected chi connectivity index (χ0v) is 20.4. The molecular weight excluding hydrogens is 460 g/mol. The second-order valence-corrected chi connectivity index (χ2v) is 10.1. The molecule has 174 valence electrons. The molecule has 0 aliphatic carbocycles. The molecule has 0 fully saturated rings. The van der Waals surface area contributed by atoms with Gasteiger partial charge in [-0.2, -0.15) is 0 Å². The molecular formula is C25H27ClN2O4S. The van der Waals surface area contributed by atoms with Crippen molar-refractivity contribution in [3.05, 3.63) is 94.0 Å². The van der Waals surface area contributed by atoms with Gasteiger partial charge >= 0.3 is 0 Å². The molecule has 0 bridgehead atoms. The van der Waals surface area contributed by atoms with E-state index < -0.39 is 10.0 Å². The summed E-state index contributed by atoms with van der Waals surface area (Å²) >= 11 is 5.84. The number of carbonyl (C=O) groups excluding carboxylic acids is 1. The summed E-state index contributed by atoms with van der Waals surface area (Å²) in [6, 6.07) is 19.6. The Morgan fingerprint density at radius 1 is 0.970 bits per heavy atom. The zero-order valence-electron chi connectivity index (χ0n) is 18.8. The van der Waals surface area contributed by atoms with Gasteiger partial charge in [-0.05, 0) is 66.9 Å². The van der Waals surface area contributed by atoms with Crippen molar-refractivity contribution < 1.29 is 17.9 Å².